The van der Waals surface area contributed by atoms with Crippen LogP contribution in [0.5, 0.6) is 11.5 Å². The molecule has 3 rings (SSSR count). The number of rotatable bonds is 4. The molecule has 2 aromatic rings. The molecule has 0 unspecified atom stereocenters. The second kappa shape index (κ2) is 6.00. The van der Waals surface area contributed by atoms with Gasteiger partial charge in [0, 0.05) is 11.4 Å². The van der Waals surface area contributed by atoms with Crippen molar-refractivity contribution in [3.8, 4) is 11.5 Å². The number of hydrogen-bond donors (Lipinski definition) is 1. The predicted molar refractivity (Wildman–Crippen MR) is 77.8 cm³/mol. The second-order valence-electron chi connectivity index (χ2n) is 4.18. The van der Waals surface area contributed by atoms with Crippen LogP contribution in [0.3, 0.4) is 0 Å². The molecule has 104 valence electrons. The number of aromatic nitrogens is 2. The fraction of sp³-hybridized carbons (Fsp3) is 0.286. The average molecular weight is 289 g/mol. The number of benzene rings is 1. The van der Waals surface area contributed by atoms with E-state index in [0.29, 0.717) is 13.2 Å². The highest BCUT2D eigenvalue weighted by molar-refractivity contribution is 7.99. The van der Waals surface area contributed by atoms with E-state index in [1.165, 1.54) is 0 Å². The van der Waals surface area contributed by atoms with E-state index in [4.69, 9.17) is 9.47 Å². The molecule has 0 bridgehead atoms. The highest BCUT2D eigenvalue weighted by Gasteiger charge is 2.12. The summed E-state index contributed by atoms with van der Waals surface area (Å²) < 4.78 is 11.1. The van der Waals surface area contributed by atoms with Gasteiger partial charge in [0.15, 0.2) is 11.5 Å². The quantitative estimate of drug-likeness (QED) is 0.934. The van der Waals surface area contributed by atoms with Gasteiger partial charge in [-0.2, -0.15) is 0 Å². The minimum atomic E-state index is 0.594. The van der Waals surface area contributed by atoms with Crippen LogP contribution >= 0.6 is 11.8 Å². The van der Waals surface area contributed by atoms with Gasteiger partial charge in [-0.3, -0.25) is 4.98 Å². The van der Waals surface area contributed by atoms with Crippen molar-refractivity contribution in [1.82, 2.24) is 9.97 Å². The Hall–Kier alpha value is -1.95. The molecule has 1 aromatic heterocycles. The van der Waals surface area contributed by atoms with Crippen LogP contribution in [-0.2, 0) is 0 Å². The zero-order chi connectivity index (χ0) is 13.8. The molecule has 1 aliphatic heterocycles. The summed E-state index contributed by atoms with van der Waals surface area (Å²) in [6, 6.07) is 5.90. The number of fused-ring (bicyclic) bond motifs is 1. The smallest absolute Gasteiger partial charge is 0.162 e. The van der Waals surface area contributed by atoms with Gasteiger partial charge in [0.25, 0.3) is 0 Å². The molecule has 20 heavy (non-hydrogen) atoms. The van der Waals surface area contributed by atoms with Crippen LogP contribution in [0, 0.1) is 0 Å². The SMILES string of the molecule is CCNc1cncc(Sc2ccc3c(c2)OCCO3)n1. The van der Waals surface area contributed by atoms with Crippen molar-refractivity contribution in [3.05, 3.63) is 30.6 Å². The van der Waals surface area contributed by atoms with Crippen LogP contribution < -0.4 is 14.8 Å². The molecule has 1 aliphatic rings. The Labute approximate surface area is 121 Å². The van der Waals surface area contributed by atoms with Crippen LogP contribution in [0.25, 0.3) is 0 Å². The van der Waals surface area contributed by atoms with E-state index in [1.807, 2.05) is 25.1 Å². The Morgan fingerprint density at radius 2 is 2.05 bits per heavy atom. The lowest BCUT2D eigenvalue weighted by molar-refractivity contribution is 0.171. The fourth-order valence-corrected chi connectivity index (χ4v) is 2.67. The fourth-order valence-electron chi connectivity index (χ4n) is 1.87. The van der Waals surface area contributed by atoms with Gasteiger partial charge in [0.1, 0.15) is 24.1 Å². The zero-order valence-corrected chi connectivity index (χ0v) is 11.9. The molecule has 0 fully saturated rings. The van der Waals surface area contributed by atoms with Crippen LogP contribution in [0.4, 0.5) is 5.82 Å². The number of anilines is 1. The predicted octanol–water partition coefficient (Wildman–Crippen LogP) is 2.83. The second-order valence-corrected chi connectivity index (χ2v) is 5.27. The maximum Gasteiger partial charge on any atom is 0.162 e. The molecule has 2 heterocycles. The molecule has 0 radical (unpaired) electrons. The van der Waals surface area contributed by atoms with Crippen molar-refractivity contribution in [2.75, 3.05) is 25.1 Å². The van der Waals surface area contributed by atoms with Gasteiger partial charge in [-0.1, -0.05) is 11.8 Å². The molecule has 0 spiro atoms. The van der Waals surface area contributed by atoms with Crippen molar-refractivity contribution in [3.63, 3.8) is 0 Å². The van der Waals surface area contributed by atoms with Crippen molar-refractivity contribution >= 4 is 17.6 Å². The third kappa shape index (κ3) is 2.96. The number of hydrogen-bond acceptors (Lipinski definition) is 6. The molecule has 1 N–H and O–H groups in total. The van der Waals surface area contributed by atoms with E-state index < -0.39 is 0 Å². The first-order valence-corrected chi connectivity index (χ1v) is 7.30. The standard InChI is InChI=1S/C14H15N3O2S/c1-2-16-13-8-15-9-14(17-13)20-10-3-4-11-12(7-10)19-6-5-18-11/h3-4,7-9H,2,5-6H2,1H3,(H,16,17). The van der Waals surface area contributed by atoms with Gasteiger partial charge in [-0.25, -0.2) is 4.98 Å². The first-order valence-electron chi connectivity index (χ1n) is 6.48. The van der Waals surface area contributed by atoms with Crippen LogP contribution in [0.15, 0.2) is 40.5 Å². The minimum absolute atomic E-state index is 0.594. The molecule has 0 saturated heterocycles. The molecular weight excluding hydrogens is 274 g/mol. The van der Waals surface area contributed by atoms with Gasteiger partial charge >= 0.3 is 0 Å². The normalized spacial score (nSPS) is 13.1. The summed E-state index contributed by atoms with van der Waals surface area (Å²) in [6.07, 6.45) is 3.47. The molecule has 0 aliphatic carbocycles. The van der Waals surface area contributed by atoms with Crippen LogP contribution in [0.2, 0.25) is 0 Å². The van der Waals surface area contributed by atoms with Crippen LogP contribution in [0.1, 0.15) is 6.92 Å². The van der Waals surface area contributed by atoms with E-state index in [-0.39, 0.29) is 0 Å². The van der Waals surface area contributed by atoms with Gasteiger partial charge in [-0.05, 0) is 25.1 Å². The first-order chi connectivity index (χ1) is 9.85. The van der Waals surface area contributed by atoms with Gasteiger partial charge in [-0.15, -0.1) is 0 Å². The first kappa shape index (κ1) is 13.1. The molecule has 1 aromatic carbocycles. The lowest BCUT2D eigenvalue weighted by Gasteiger charge is -2.18. The van der Waals surface area contributed by atoms with E-state index in [1.54, 1.807) is 24.2 Å². The van der Waals surface area contributed by atoms with E-state index in [0.717, 1.165) is 33.8 Å². The van der Waals surface area contributed by atoms with Gasteiger partial charge < -0.3 is 14.8 Å². The summed E-state index contributed by atoms with van der Waals surface area (Å²) >= 11 is 1.55. The number of nitrogens with one attached hydrogen (secondary N) is 1. The maximum absolute atomic E-state index is 5.58. The Morgan fingerprint density at radius 1 is 1.20 bits per heavy atom. The molecule has 0 atom stereocenters. The van der Waals surface area contributed by atoms with Crippen molar-refractivity contribution < 1.29 is 9.47 Å². The van der Waals surface area contributed by atoms with Gasteiger partial charge in [0.2, 0.25) is 0 Å². The van der Waals surface area contributed by atoms with E-state index >= 15 is 0 Å². The summed E-state index contributed by atoms with van der Waals surface area (Å²) in [7, 11) is 0. The highest BCUT2D eigenvalue weighted by Crippen LogP contribution is 2.36. The lowest BCUT2D eigenvalue weighted by atomic mass is 10.3. The summed E-state index contributed by atoms with van der Waals surface area (Å²) in [5, 5.41) is 4.00. The molecule has 0 amide bonds. The molecule has 6 heteroatoms. The molecular formula is C14H15N3O2S. The maximum atomic E-state index is 5.58. The summed E-state index contributed by atoms with van der Waals surface area (Å²) in [4.78, 5) is 9.73. The third-order valence-electron chi connectivity index (χ3n) is 2.71. The van der Waals surface area contributed by atoms with Crippen molar-refractivity contribution in [2.24, 2.45) is 0 Å². The summed E-state index contributed by atoms with van der Waals surface area (Å²) in [6.45, 7) is 4.06. The van der Waals surface area contributed by atoms with Crippen molar-refractivity contribution in [1.29, 1.82) is 0 Å². The monoisotopic (exact) mass is 289 g/mol. The number of nitrogens with zero attached hydrogens (tertiary/aromatic N) is 2. The highest BCUT2D eigenvalue weighted by atomic mass is 32.2. The topological polar surface area (TPSA) is 56.3 Å². The summed E-state index contributed by atoms with van der Waals surface area (Å²) in [5.41, 5.74) is 0. The third-order valence-corrected chi connectivity index (χ3v) is 3.60. The Morgan fingerprint density at radius 3 is 2.90 bits per heavy atom. The molecule has 0 saturated carbocycles. The van der Waals surface area contributed by atoms with E-state index in [9.17, 15) is 0 Å². The van der Waals surface area contributed by atoms with E-state index in [2.05, 4.69) is 15.3 Å². The Balaban J connectivity index is 1.78. The average Bonchev–Trinajstić information content (AvgIpc) is 2.48. The van der Waals surface area contributed by atoms with Crippen LogP contribution in [-0.4, -0.2) is 29.7 Å². The van der Waals surface area contributed by atoms with Crippen molar-refractivity contribution in [2.45, 2.75) is 16.8 Å². The Kier molecular flexibility index (Phi) is 3.92. The zero-order valence-electron chi connectivity index (χ0n) is 11.1. The largest absolute Gasteiger partial charge is 0.486 e. The lowest BCUT2D eigenvalue weighted by Crippen LogP contribution is -2.15. The minimum Gasteiger partial charge on any atom is -0.486 e. The Bertz CT molecular complexity index is 607. The summed E-state index contributed by atoms with van der Waals surface area (Å²) in [5.74, 6) is 2.38. The number of ether oxygens (including phenoxy) is 2. The molecule has 5 nitrogen and oxygen atoms in total. The van der Waals surface area contributed by atoms with Gasteiger partial charge in [0.05, 0.1) is 12.4 Å².